The van der Waals surface area contributed by atoms with Crippen molar-refractivity contribution in [2.45, 2.75) is 6.04 Å². The molecule has 0 saturated heterocycles. The Bertz CT molecular complexity index is 356. The minimum absolute atomic E-state index is 0.0592. The summed E-state index contributed by atoms with van der Waals surface area (Å²) in [6.45, 7) is -0.265. The van der Waals surface area contributed by atoms with Crippen molar-refractivity contribution in [2.75, 3.05) is 6.61 Å². The average Bonchev–Trinajstić information content (AvgIpc) is 2.17. The highest BCUT2D eigenvalue weighted by molar-refractivity contribution is 6.32. The molecule has 0 fully saturated rings. The van der Waals surface area contributed by atoms with E-state index in [9.17, 15) is 10.1 Å². The number of aliphatic hydroxyl groups excluding tert-OH is 1. The van der Waals surface area contributed by atoms with Gasteiger partial charge in [0.1, 0.15) is 5.02 Å². The smallest absolute Gasteiger partial charge is 0.288 e. The highest BCUT2D eigenvalue weighted by Gasteiger charge is 2.15. The van der Waals surface area contributed by atoms with E-state index in [4.69, 9.17) is 22.4 Å². The van der Waals surface area contributed by atoms with Crippen molar-refractivity contribution in [1.29, 1.82) is 0 Å². The number of nitro groups is 1. The van der Waals surface area contributed by atoms with Gasteiger partial charge in [0.2, 0.25) is 0 Å². The zero-order valence-corrected chi connectivity index (χ0v) is 7.94. The van der Waals surface area contributed by atoms with Gasteiger partial charge in [-0.3, -0.25) is 10.1 Å². The molecule has 0 aliphatic carbocycles. The van der Waals surface area contributed by atoms with Crippen LogP contribution in [0, 0.1) is 10.1 Å². The van der Waals surface area contributed by atoms with E-state index in [-0.39, 0.29) is 17.3 Å². The van der Waals surface area contributed by atoms with Gasteiger partial charge in [-0.2, -0.15) is 0 Å². The summed E-state index contributed by atoms with van der Waals surface area (Å²) in [5.41, 5.74) is 5.79. The van der Waals surface area contributed by atoms with Crippen LogP contribution in [0.5, 0.6) is 0 Å². The van der Waals surface area contributed by atoms with Crippen molar-refractivity contribution < 1.29 is 10.0 Å². The van der Waals surface area contributed by atoms with E-state index in [1.807, 2.05) is 0 Å². The largest absolute Gasteiger partial charge is 0.394 e. The third kappa shape index (κ3) is 2.20. The number of aliphatic hydroxyl groups is 1. The number of benzene rings is 1. The average molecular weight is 217 g/mol. The number of hydrogen-bond acceptors (Lipinski definition) is 4. The van der Waals surface area contributed by atoms with Gasteiger partial charge in [0, 0.05) is 6.07 Å². The zero-order chi connectivity index (χ0) is 10.7. The summed E-state index contributed by atoms with van der Waals surface area (Å²) in [7, 11) is 0. The minimum atomic E-state index is -0.619. The van der Waals surface area contributed by atoms with E-state index in [0.29, 0.717) is 5.56 Å². The fraction of sp³-hybridized carbons (Fsp3) is 0.250. The molecule has 0 aromatic heterocycles. The predicted molar refractivity (Wildman–Crippen MR) is 52.1 cm³/mol. The first-order chi connectivity index (χ1) is 6.56. The molecule has 76 valence electrons. The Hall–Kier alpha value is -1.17. The summed E-state index contributed by atoms with van der Waals surface area (Å²) in [6, 6.07) is 3.59. The van der Waals surface area contributed by atoms with Crippen molar-refractivity contribution in [3.8, 4) is 0 Å². The molecule has 1 aromatic carbocycles. The van der Waals surface area contributed by atoms with Crippen LogP contribution in [0.2, 0.25) is 5.02 Å². The summed E-state index contributed by atoms with van der Waals surface area (Å²) >= 11 is 5.59. The molecular formula is C8H9ClN2O3. The highest BCUT2D eigenvalue weighted by Crippen LogP contribution is 2.26. The standard InChI is InChI=1S/C8H9ClN2O3/c9-6-2-1-5(7(10)4-12)3-8(6)11(13)14/h1-3,7,12H,4,10H2. The minimum Gasteiger partial charge on any atom is -0.394 e. The number of rotatable bonds is 3. The molecular weight excluding hydrogens is 208 g/mol. The third-order valence-electron chi connectivity index (χ3n) is 1.79. The SMILES string of the molecule is NC(CO)c1ccc(Cl)c([N+](=O)[O-])c1. The topological polar surface area (TPSA) is 89.4 Å². The number of hydrogen-bond donors (Lipinski definition) is 2. The summed E-state index contributed by atoms with van der Waals surface area (Å²) in [5.74, 6) is 0. The lowest BCUT2D eigenvalue weighted by Gasteiger charge is -2.07. The molecule has 0 aliphatic rings. The first kappa shape index (κ1) is 10.9. The highest BCUT2D eigenvalue weighted by atomic mass is 35.5. The normalized spacial score (nSPS) is 12.5. The molecule has 0 amide bonds. The maximum absolute atomic E-state index is 10.5. The quantitative estimate of drug-likeness (QED) is 0.588. The van der Waals surface area contributed by atoms with Crippen LogP contribution in [-0.4, -0.2) is 16.6 Å². The van der Waals surface area contributed by atoms with Crippen LogP contribution in [0.4, 0.5) is 5.69 Å². The second kappa shape index (κ2) is 4.36. The Morgan fingerprint density at radius 3 is 2.79 bits per heavy atom. The van der Waals surface area contributed by atoms with Gasteiger partial charge in [-0.15, -0.1) is 0 Å². The Kier molecular flexibility index (Phi) is 3.40. The van der Waals surface area contributed by atoms with Gasteiger partial charge in [0.05, 0.1) is 17.6 Å². The number of nitro benzene ring substituents is 1. The first-order valence-electron chi connectivity index (χ1n) is 3.86. The summed E-state index contributed by atoms with van der Waals surface area (Å²) < 4.78 is 0. The van der Waals surface area contributed by atoms with Crippen LogP contribution in [0.1, 0.15) is 11.6 Å². The van der Waals surface area contributed by atoms with Gasteiger partial charge < -0.3 is 10.8 Å². The lowest BCUT2D eigenvalue weighted by molar-refractivity contribution is -0.384. The van der Waals surface area contributed by atoms with E-state index in [1.165, 1.54) is 12.1 Å². The predicted octanol–water partition coefficient (Wildman–Crippen LogP) is 1.24. The van der Waals surface area contributed by atoms with Crippen LogP contribution >= 0.6 is 11.6 Å². The van der Waals surface area contributed by atoms with E-state index in [2.05, 4.69) is 0 Å². The van der Waals surface area contributed by atoms with E-state index in [0.717, 1.165) is 0 Å². The zero-order valence-electron chi connectivity index (χ0n) is 7.18. The number of halogens is 1. The molecule has 0 spiro atoms. The summed E-state index contributed by atoms with van der Waals surface area (Å²) in [6.07, 6.45) is 0. The second-order valence-corrected chi connectivity index (χ2v) is 3.16. The molecule has 1 rings (SSSR count). The fourth-order valence-corrected chi connectivity index (χ4v) is 1.19. The Balaban J connectivity index is 3.12. The van der Waals surface area contributed by atoms with E-state index in [1.54, 1.807) is 6.07 Å². The molecule has 0 radical (unpaired) electrons. The molecule has 1 unspecified atom stereocenters. The lowest BCUT2D eigenvalue weighted by atomic mass is 10.1. The maximum atomic E-state index is 10.5. The van der Waals surface area contributed by atoms with Gasteiger partial charge in [-0.25, -0.2) is 0 Å². The van der Waals surface area contributed by atoms with Gasteiger partial charge in [0.25, 0.3) is 5.69 Å². The van der Waals surface area contributed by atoms with E-state index >= 15 is 0 Å². The molecule has 1 atom stereocenters. The van der Waals surface area contributed by atoms with Crippen molar-refractivity contribution in [1.82, 2.24) is 0 Å². The Morgan fingerprint density at radius 2 is 2.29 bits per heavy atom. The molecule has 0 aliphatic heterocycles. The van der Waals surface area contributed by atoms with Crippen molar-refractivity contribution in [3.05, 3.63) is 38.9 Å². The van der Waals surface area contributed by atoms with Gasteiger partial charge in [-0.1, -0.05) is 17.7 Å². The van der Waals surface area contributed by atoms with Gasteiger partial charge in [-0.05, 0) is 11.6 Å². The molecule has 0 saturated carbocycles. The Morgan fingerprint density at radius 1 is 1.64 bits per heavy atom. The number of nitrogens with two attached hydrogens (primary N) is 1. The molecule has 14 heavy (non-hydrogen) atoms. The van der Waals surface area contributed by atoms with Gasteiger partial charge in [0.15, 0.2) is 0 Å². The third-order valence-corrected chi connectivity index (χ3v) is 2.11. The monoisotopic (exact) mass is 216 g/mol. The molecule has 3 N–H and O–H groups in total. The molecule has 5 nitrogen and oxygen atoms in total. The van der Waals surface area contributed by atoms with Crippen LogP contribution in [0.15, 0.2) is 18.2 Å². The summed E-state index contributed by atoms with van der Waals surface area (Å²) in [4.78, 5) is 9.92. The van der Waals surface area contributed by atoms with E-state index < -0.39 is 11.0 Å². The first-order valence-corrected chi connectivity index (χ1v) is 4.24. The second-order valence-electron chi connectivity index (χ2n) is 2.76. The van der Waals surface area contributed by atoms with Gasteiger partial charge >= 0.3 is 0 Å². The lowest BCUT2D eigenvalue weighted by Crippen LogP contribution is -2.14. The molecule has 1 aromatic rings. The fourth-order valence-electron chi connectivity index (χ4n) is 1.01. The Labute approximate surface area is 85.3 Å². The van der Waals surface area contributed by atoms with Crippen LogP contribution in [0.3, 0.4) is 0 Å². The maximum Gasteiger partial charge on any atom is 0.288 e. The molecule has 0 bridgehead atoms. The van der Waals surface area contributed by atoms with Crippen LogP contribution in [-0.2, 0) is 0 Å². The van der Waals surface area contributed by atoms with Crippen LogP contribution < -0.4 is 5.73 Å². The molecule has 6 heteroatoms. The van der Waals surface area contributed by atoms with Crippen molar-refractivity contribution in [2.24, 2.45) is 5.73 Å². The summed E-state index contributed by atoms with van der Waals surface area (Å²) in [5, 5.41) is 19.3. The van der Waals surface area contributed by atoms with Crippen molar-refractivity contribution in [3.63, 3.8) is 0 Å². The van der Waals surface area contributed by atoms with Crippen molar-refractivity contribution >= 4 is 17.3 Å². The molecule has 0 heterocycles. The van der Waals surface area contributed by atoms with Crippen LogP contribution in [0.25, 0.3) is 0 Å². The number of nitrogens with zero attached hydrogens (tertiary/aromatic N) is 1.